The quantitative estimate of drug-likeness (QED) is 0.770. The zero-order valence-electron chi connectivity index (χ0n) is 12.5. The summed E-state index contributed by atoms with van der Waals surface area (Å²) < 4.78 is 15.5. The van der Waals surface area contributed by atoms with Gasteiger partial charge in [0.2, 0.25) is 0 Å². The number of hydrogen-bond donors (Lipinski definition) is 2. The Labute approximate surface area is 124 Å². The molecule has 2 rings (SSSR count). The van der Waals surface area contributed by atoms with Gasteiger partial charge >= 0.3 is 0 Å². The van der Waals surface area contributed by atoms with Gasteiger partial charge in [-0.05, 0) is 38.9 Å². The molecule has 0 aliphatic heterocycles. The van der Waals surface area contributed by atoms with E-state index in [0.29, 0.717) is 12.1 Å². The maximum Gasteiger partial charge on any atom is 0.129 e. The van der Waals surface area contributed by atoms with E-state index in [4.69, 9.17) is 0 Å². The number of aliphatic hydroxyl groups excluding tert-OH is 1. The number of halogens is 1. The molecule has 0 spiro atoms. The lowest BCUT2D eigenvalue weighted by atomic mass is 10.1. The lowest BCUT2D eigenvalue weighted by molar-refractivity contribution is 0.170. The minimum atomic E-state index is -0.820. The van der Waals surface area contributed by atoms with Crippen molar-refractivity contribution in [2.45, 2.75) is 32.9 Å². The summed E-state index contributed by atoms with van der Waals surface area (Å²) >= 11 is 0. The molecule has 0 aliphatic carbocycles. The number of hydrogen-bond acceptors (Lipinski definition) is 3. The molecule has 114 valence electrons. The summed E-state index contributed by atoms with van der Waals surface area (Å²) in [4.78, 5) is 0. The van der Waals surface area contributed by atoms with Crippen LogP contribution in [0.1, 0.15) is 29.5 Å². The highest BCUT2D eigenvalue weighted by molar-refractivity contribution is 5.19. The van der Waals surface area contributed by atoms with Gasteiger partial charge in [0, 0.05) is 24.3 Å². The Morgan fingerprint density at radius 2 is 2.10 bits per heavy atom. The van der Waals surface area contributed by atoms with Gasteiger partial charge in [-0.2, -0.15) is 5.10 Å². The Hall–Kier alpha value is -1.72. The Morgan fingerprint density at radius 1 is 1.33 bits per heavy atom. The van der Waals surface area contributed by atoms with Gasteiger partial charge < -0.3 is 10.4 Å². The molecule has 1 aromatic heterocycles. The van der Waals surface area contributed by atoms with Crippen molar-refractivity contribution in [1.29, 1.82) is 0 Å². The van der Waals surface area contributed by atoms with Crippen molar-refractivity contribution in [3.05, 3.63) is 53.1 Å². The molecule has 0 saturated carbocycles. The minimum Gasteiger partial charge on any atom is -0.387 e. The van der Waals surface area contributed by atoms with Gasteiger partial charge in [0.1, 0.15) is 5.82 Å². The van der Waals surface area contributed by atoms with Crippen molar-refractivity contribution in [2.75, 3.05) is 13.1 Å². The van der Waals surface area contributed by atoms with E-state index in [1.807, 2.05) is 18.5 Å². The number of benzene rings is 1. The number of nitrogens with zero attached hydrogens (tertiary/aromatic N) is 2. The second-order valence-corrected chi connectivity index (χ2v) is 5.25. The number of aliphatic hydroxyl groups is 1. The van der Waals surface area contributed by atoms with Crippen LogP contribution in [0.15, 0.2) is 30.3 Å². The van der Waals surface area contributed by atoms with E-state index < -0.39 is 6.10 Å². The van der Waals surface area contributed by atoms with Crippen LogP contribution in [-0.4, -0.2) is 28.0 Å². The van der Waals surface area contributed by atoms with E-state index in [0.717, 1.165) is 30.9 Å². The normalized spacial score (nSPS) is 12.6. The first-order valence-electron chi connectivity index (χ1n) is 7.22. The van der Waals surface area contributed by atoms with Gasteiger partial charge in [0.05, 0.1) is 11.8 Å². The molecule has 1 atom stereocenters. The highest BCUT2D eigenvalue weighted by Gasteiger charge is 2.11. The van der Waals surface area contributed by atoms with E-state index in [1.54, 1.807) is 18.2 Å². The standard InChI is InChI=1S/C16H22FN3O/c1-12-10-13(2)20(19-12)9-5-8-18-11-16(21)14-6-3-4-7-15(14)17/h3-4,6-7,10,16,18,21H,5,8-9,11H2,1-2H3. The van der Waals surface area contributed by atoms with Crippen LogP contribution in [-0.2, 0) is 6.54 Å². The van der Waals surface area contributed by atoms with E-state index in [-0.39, 0.29) is 5.82 Å². The molecule has 2 N–H and O–H groups in total. The minimum absolute atomic E-state index is 0.337. The average molecular weight is 291 g/mol. The van der Waals surface area contributed by atoms with Gasteiger partial charge in [-0.25, -0.2) is 4.39 Å². The van der Waals surface area contributed by atoms with Crippen LogP contribution in [0.3, 0.4) is 0 Å². The summed E-state index contributed by atoms with van der Waals surface area (Å²) in [5.41, 5.74) is 2.51. The molecule has 0 fully saturated rings. The van der Waals surface area contributed by atoms with Gasteiger partial charge in [0.25, 0.3) is 0 Å². The highest BCUT2D eigenvalue weighted by atomic mass is 19.1. The lowest BCUT2D eigenvalue weighted by Crippen LogP contribution is -2.24. The number of aromatic nitrogens is 2. The molecular weight excluding hydrogens is 269 g/mol. The van der Waals surface area contributed by atoms with Crippen LogP contribution < -0.4 is 5.32 Å². The molecule has 2 aromatic rings. The SMILES string of the molecule is Cc1cc(C)n(CCCNCC(O)c2ccccc2F)n1. The van der Waals surface area contributed by atoms with Crippen LogP contribution in [0, 0.1) is 19.7 Å². The zero-order chi connectivity index (χ0) is 15.2. The Kier molecular flexibility index (Phi) is 5.47. The van der Waals surface area contributed by atoms with Crippen molar-refractivity contribution in [1.82, 2.24) is 15.1 Å². The van der Waals surface area contributed by atoms with E-state index in [2.05, 4.69) is 16.5 Å². The monoisotopic (exact) mass is 291 g/mol. The molecule has 1 aromatic carbocycles. The molecule has 0 aliphatic rings. The van der Waals surface area contributed by atoms with Crippen molar-refractivity contribution in [2.24, 2.45) is 0 Å². The molecule has 0 saturated heterocycles. The molecular formula is C16H22FN3O. The van der Waals surface area contributed by atoms with Crippen molar-refractivity contribution in [3.63, 3.8) is 0 Å². The highest BCUT2D eigenvalue weighted by Crippen LogP contribution is 2.15. The third-order valence-electron chi connectivity index (χ3n) is 3.43. The zero-order valence-corrected chi connectivity index (χ0v) is 12.5. The number of nitrogens with one attached hydrogen (secondary N) is 1. The average Bonchev–Trinajstić information content (AvgIpc) is 2.77. The predicted octanol–water partition coefficient (Wildman–Crippen LogP) is 2.35. The summed E-state index contributed by atoms with van der Waals surface area (Å²) in [6, 6.07) is 8.37. The third kappa shape index (κ3) is 4.37. The largest absolute Gasteiger partial charge is 0.387 e. The predicted molar refractivity (Wildman–Crippen MR) is 80.5 cm³/mol. The maximum absolute atomic E-state index is 13.5. The van der Waals surface area contributed by atoms with E-state index in [1.165, 1.54) is 6.07 Å². The summed E-state index contributed by atoms with van der Waals surface area (Å²) in [6.07, 6.45) is 0.0891. The third-order valence-corrected chi connectivity index (χ3v) is 3.43. The van der Waals surface area contributed by atoms with Crippen LogP contribution in [0.25, 0.3) is 0 Å². The molecule has 0 bridgehead atoms. The smallest absolute Gasteiger partial charge is 0.129 e. The fraction of sp³-hybridized carbons (Fsp3) is 0.438. The lowest BCUT2D eigenvalue weighted by Gasteiger charge is -2.13. The first-order chi connectivity index (χ1) is 10.1. The Balaban J connectivity index is 1.70. The van der Waals surface area contributed by atoms with Gasteiger partial charge in [-0.15, -0.1) is 0 Å². The summed E-state index contributed by atoms with van der Waals surface area (Å²) in [6.45, 7) is 5.95. The van der Waals surface area contributed by atoms with Crippen molar-refractivity contribution in [3.8, 4) is 0 Å². The van der Waals surface area contributed by atoms with Crippen LogP contribution in [0.2, 0.25) is 0 Å². The Morgan fingerprint density at radius 3 is 2.76 bits per heavy atom. The van der Waals surface area contributed by atoms with E-state index in [9.17, 15) is 9.50 Å². The molecule has 1 heterocycles. The molecule has 5 heteroatoms. The van der Waals surface area contributed by atoms with Crippen molar-refractivity contribution >= 4 is 0 Å². The molecule has 1 unspecified atom stereocenters. The Bertz CT molecular complexity index is 583. The fourth-order valence-corrected chi connectivity index (χ4v) is 2.35. The molecule has 0 radical (unpaired) electrons. The molecule has 4 nitrogen and oxygen atoms in total. The topological polar surface area (TPSA) is 50.1 Å². The van der Waals surface area contributed by atoms with Gasteiger partial charge in [0.15, 0.2) is 0 Å². The van der Waals surface area contributed by atoms with Gasteiger partial charge in [-0.3, -0.25) is 4.68 Å². The summed E-state index contributed by atoms with van der Waals surface area (Å²) in [7, 11) is 0. The van der Waals surface area contributed by atoms with Crippen LogP contribution >= 0.6 is 0 Å². The first kappa shape index (κ1) is 15.7. The van der Waals surface area contributed by atoms with E-state index >= 15 is 0 Å². The molecule has 0 amide bonds. The first-order valence-corrected chi connectivity index (χ1v) is 7.22. The van der Waals surface area contributed by atoms with Crippen LogP contribution in [0.4, 0.5) is 4.39 Å². The summed E-state index contributed by atoms with van der Waals surface area (Å²) in [5, 5.41) is 17.5. The second kappa shape index (κ2) is 7.33. The summed E-state index contributed by atoms with van der Waals surface area (Å²) in [5.74, 6) is -0.366. The number of aryl methyl sites for hydroxylation is 3. The molecule has 21 heavy (non-hydrogen) atoms. The van der Waals surface area contributed by atoms with Crippen molar-refractivity contribution < 1.29 is 9.50 Å². The maximum atomic E-state index is 13.5. The number of rotatable bonds is 7. The van der Waals surface area contributed by atoms with Crippen LogP contribution in [0.5, 0.6) is 0 Å². The second-order valence-electron chi connectivity index (χ2n) is 5.25. The van der Waals surface area contributed by atoms with Gasteiger partial charge in [-0.1, -0.05) is 18.2 Å². The fourth-order valence-electron chi connectivity index (χ4n) is 2.35.